The molecule has 0 saturated heterocycles. The summed E-state index contributed by atoms with van der Waals surface area (Å²) in [6.45, 7) is 1.97. The lowest BCUT2D eigenvalue weighted by Crippen LogP contribution is -2.10. The lowest BCUT2D eigenvalue weighted by molar-refractivity contribution is 0.767. The molecule has 0 spiro atoms. The van der Waals surface area contributed by atoms with Crippen molar-refractivity contribution in [3.8, 4) is 5.69 Å². The van der Waals surface area contributed by atoms with Gasteiger partial charge in [0.15, 0.2) is 0 Å². The first-order valence-corrected chi connectivity index (χ1v) is 5.92. The minimum Gasteiger partial charge on any atom is -0.324 e. The maximum Gasteiger partial charge on any atom is 0.113 e. The maximum absolute atomic E-state index is 6.00. The van der Waals surface area contributed by atoms with Crippen LogP contribution in [0.25, 0.3) is 16.7 Å². The number of rotatable bonds is 2. The van der Waals surface area contributed by atoms with Gasteiger partial charge in [0.05, 0.1) is 11.2 Å². The zero-order valence-corrected chi connectivity index (χ0v) is 10.1. The molecule has 1 aromatic heterocycles. The van der Waals surface area contributed by atoms with Crippen LogP contribution in [0.2, 0.25) is 0 Å². The minimum absolute atomic E-state index is 0.0378. The number of fused-ring (bicyclic) bond motifs is 1. The Kier molecular flexibility index (Phi) is 2.57. The van der Waals surface area contributed by atoms with Crippen molar-refractivity contribution in [2.45, 2.75) is 13.0 Å². The van der Waals surface area contributed by atoms with Gasteiger partial charge in [0.25, 0.3) is 0 Å². The standard InChI is InChI=1S/C14H14N4/c1-10(15)11-6-2-4-8-13(11)18-14-9-5-3-7-12(14)16-17-18/h2-10H,15H2,1H3. The van der Waals surface area contributed by atoms with Crippen molar-refractivity contribution >= 4 is 11.0 Å². The molecule has 2 aromatic carbocycles. The number of aromatic nitrogens is 3. The Morgan fingerprint density at radius 3 is 2.61 bits per heavy atom. The van der Waals surface area contributed by atoms with E-state index >= 15 is 0 Å². The van der Waals surface area contributed by atoms with E-state index in [-0.39, 0.29) is 6.04 Å². The SMILES string of the molecule is CC(N)c1ccccc1-n1nnc2ccccc21. The second kappa shape index (κ2) is 4.23. The number of para-hydroxylation sites is 2. The molecule has 3 rings (SSSR count). The van der Waals surface area contributed by atoms with E-state index in [1.807, 2.05) is 60.1 Å². The van der Waals surface area contributed by atoms with Crippen molar-refractivity contribution in [1.82, 2.24) is 15.0 Å². The molecule has 3 aromatic rings. The van der Waals surface area contributed by atoms with Crippen LogP contribution in [-0.2, 0) is 0 Å². The van der Waals surface area contributed by atoms with E-state index in [2.05, 4.69) is 10.3 Å². The Morgan fingerprint density at radius 1 is 1.06 bits per heavy atom. The fourth-order valence-corrected chi connectivity index (χ4v) is 2.11. The largest absolute Gasteiger partial charge is 0.324 e. The first kappa shape index (κ1) is 10.9. The zero-order valence-electron chi connectivity index (χ0n) is 10.1. The monoisotopic (exact) mass is 238 g/mol. The molecule has 0 aliphatic heterocycles. The molecule has 4 heteroatoms. The first-order chi connectivity index (χ1) is 8.77. The van der Waals surface area contributed by atoms with Gasteiger partial charge in [-0.1, -0.05) is 35.5 Å². The molecule has 0 amide bonds. The molecule has 2 N–H and O–H groups in total. The molecule has 18 heavy (non-hydrogen) atoms. The second-order valence-corrected chi connectivity index (χ2v) is 4.34. The van der Waals surface area contributed by atoms with Crippen molar-refractivity contribution in [3.63, 3.8) is 0 Å². The molecule has 0 bridgehead atoms. The summed E-state index contributed by atoms with van der Waals surface area (Å²) in [4.78, 5) is 0. The summed E-state index contributed by atoms with van der Waals surface area (Å²) in [6.07, 6.45) is 0. The summed E-state index contributed by atoms with van der Waals surface area (Å²) in [5.41, 5.74) is 9.93. The molecule has 1 unspecified atom stereocenters. The van der Waals surface area contributed by atoms with Gasteiger partial charge in [-0.15, -0.1) is 5.10 Å². The Balaban J connectivity index is 2.27. The number of nitrogens with two attached hydrogens (primary N) is 1. The van der Waals surface area contributed by atoms with Gasteiger partial charge in [-0.2, -0.15) is 0 Å². The van der Waals surface area contributed by atoms with Crippen LogP contribution in [0.3, 0.4) is 0 Å². The van der Waals surface area contributed by atoms with Crippen LogP contribution in [0.15, 0.2) is 48.5 Å². The number of hydrogen-bond donors (Lipinski definition) is 1. The van der Waals surface area contributed by atoms with Crippen LogP contribution in [0.4, 0.5) is 0 Å². The van der Waals surface area contributed by atoms with E-state index in [9.17, 15) is 0 Å². The van der Waals surface area contributed by atoms with Crippen molar-refractivity contribution < 1.29 is 0 Å². The maximum atomic E-state index is 6.00. The molecule has 0 radical (unpaired) electrons. The quantitative estimate of drug-likeness (QED) is 0.746. The van der Waals surface area contributed by atoms with Gasteiger partial charge in [-0.25, -0.2) is 4.68 Å². The van der Waals surface area contributed by atoms with Crippen LogP contribution >= 0.6 is 0 Å². The molecule has 90 valence electrons. The van der Waals surface area contributed by atoms with Crippen molar-refractivity contribution in [3.05, 3.63) is 54.1 Å². The van der Waals surface area contributed by atoms with Gasteiger partial charge in [0.1, 0.15) is 5.52 Å². The van der Waals surface area contributed by atoms with Crippen LogP contribution < -0.4 is 5.73 Å². The third kappa shape index (κ3) is 1.67. The smallest absolute Gasteiger partial charge is 0.113 e. The van der Waals surface area contributed by atoms with Crippen molar-refractivity contribution in [2.75, 3.05) is 0 Å². The molecular weight excluding hydrogens is 224 g/mol. The fraction of sp³-hybridized carbons (Fsp3) is 0.143. The Bertz CT molecular complexity index is 685. The molecule has 1 heterocycles. The average Bonchev–Trinajstić information content (AvgIpc) is 2.82. The minimum atomic E-state index is -0.0378. The highest BCUT2D eigenvalue weighted by molar-refractivity contribution is 5.76. The lowest BCUT2D eigenvalue weighted by Gasteiger charge is -2.12. The number of nitrogens with zero attached hydrogens (tertiary/aromatic N) is 3. The van der Waals surface area contributed by atoms with Crippen LogP contribution in [0.1, 0.15) is 18.5 Å². The van der Waals surface area contributed by atoms with Gasteiger partial charge in [-0.3, -0.25) is 0 Å². The van der Waals surface area contributed by atoms with E-state index < -0.39 is 0 Å². The molecule has 0 saturated carbocycles. The average molecular weight is 238 g/mol. The van der Waals surface area contributed by atoms with E-state index in [4.69, 9.17) is 5.73 Å². The second-order valence-electron chi connectivity index (χ2n) is 4.34. The Labute approximate surface area is 105 Å². The van der Waals surface area contributed by atoms with Gasteiger partial charge >= 0.3 is 0 Å². The third-order valence-electron chi connectivity index (χ3n) is 3.01. The normalized spacial score (nSPS) is 12.8. The zero-order chi connectivity index (χ0) is 12.5. The summed E-state index contributed by atoms with van der Waals surface area (Å²) in [5, 5.41) is 8.39. The van der Waals surface area contributed by atoms with E-state index in [1.165, 1.54) is 0 Å². The molecule has 0 aliphatic carbocycles. The van der Waals surface area contributed by atoms with Crippen molar-refractivity contribution in [1.29, 1.82) is 0 Å². The van der Waals surface area contributed by atoms with E-state index in [1.54, 1.807) is 0 Å². The van der Waals surface area contributed by atoms with Crippen molar-refractivity contribution in [2.24, 2.45) is 5.73 Å². The summed E-state index contributed by atoms with van der Waals surface area (Å²) in [7, 11) is 0. The first-order valence-electron chi connectivity index (χ1n) is 5.92. The highest BCUT2D eigenvalue weighted by Gasteiger charge is 2.11. The summed E-state index contributed by atoms with van der Waals surface area (Å²) in [5.74, 6) is 0. The van der Waals surface area contributed by atoms with Gasteiger partial charge in [-0.05, 0) is 30.7 Å². The molecule has 0 fully saturated rings. The van der Waals surface area contributed by atoms with E-state index in [0.29, 0.717) is 0 Å². The predicted octanol–water partition coefficient (Wildman–Crippen LogP) is 2.44. The summed E-state index contributed by atoms with van der Waals surface area (Å²) >= 11 is 0. The molecule has 0 aliphatic rings. The van der Waals surface area contributed by atoms with Crippen LogP contribution in [-0.4, -0.2) is 15.0 Å². The van der Waals surface area contributed by atoms with Crippen LogP contribution in [0.5, 0.6) is 0 Å². The summed E-state index contributed by atoms with van der Waals surface area (Å²) in [6, 6.07) is 15.9. The highest BCUT2D eigenvalue weighted by Crippen LogP contribution is 2.22. The Morgan fingerprint density at radius 2 is 1.78 bits per heavy atom. The number of benzene rings is 2. The predicted molar refractivity (Wildman–Crippen MR) is 71.5 cm³/mol. The molecule has 1 atom stereocenters. The lowest BCUT2D eigenvalue weighted by atomic mass is 10.1. The molecular formula is C14H14N4. The Hall–Kier alpha value is -2.20. The highest BCUT2D eigenvalue weighted by atomic mass is 15.4. The van der Waals surface area contributed by atoms with Gasteiger partial charge in [0, 0.05) is 6.04 Å². The van der Waals surface area contributed by atoms with Crippen LogP contribution in [0, 0.1) is 0 Å². The van der Waals surface area contributed by atoms with Gasteiger partial charge < -0.3 is 5.73 Å². The van der Waals surface area contributed by atoms with Gasteiger partial charge in [0.2, 0.25) is 0 Å². The topological polar surface area (TPSA) is 56.7 Å². The number of hydrogen-bond acceptors (Lipinski definition) is 3. The summed E-state index contributed by atoms with van der Waals surface area (Å²) < 4.78 is 1.84. The van der Waals surface area contributed by atoms with E-state index in [0.717, 1.165) is 22.3 Å². The fourth-order valence-electron chi connectivity index (χ4n) is 2.11. The third-order valence-corrected chi connectivity index (χ3v) is 3.01. The molecule has 4 nitrogen and oxygen atoms in total.